The fraction of sp³-hybridized carbons (Fsp3) is 0.259. The molecule has 2 aromatic heterocycles. The monoisotopic (exact) mass is 466 g/mol. The van der Waals surface area contributed by atoms with Crippen molar-refractivity contribution in [3.63, 3.8) is 0 Å². The van der Waals surface area contributed by atoms with Gasteiger partial charge in [-0.05, 0) is 49.9 Å². The molecule has 1 aliphatic heterocycles. The van der Waals surface area contributed by atoms with Crippen molar-refractivity contribution in [3.05, 3.63) is 95.1 Å². The smallest absolute Gasteiger partial charge is 0.291 e. The fourth-order valence-corrected chi connectivity index (χ4v) is 4.13. The number of aromatic amines is 1. The summed E-state index contributed by atoms with van der Waals surface area (Å²) in [6, 6.07) is 15.6. The van der Waals surface area contributed by atoms with Crippen LogP contribution in [0.2, 0.25) is 0 Å². The summed E-state index contributed by atoms with van der Waals surface area (Å²) < 4.78 is 1.99. The van der Waals surface area contributed by atoms with Gasteiger partial charge in [-0.2, -0.15) is 0 Å². The number of hydrogen-bond donors (Lipinski definition) is 3. The molecule has 4 aromatic rings. The first-order valence-electron chi connectivity index (χ1n) is 11.5. The van der Waals surface area contributed by atoms with Gasteiger partial charge in [0.1, 0.15) is 17.2 Å². The van der Waals surface area contributed by atoms with Crippen LogP contribution in [-0.4, -0.2) is 41.3 Å². The highest BCUT2D eigenvalue weighted by atomic mass is 16.3. The number of H-pyrrole nitrogens is 1. The number of carbonyl (C=O) groups is 1. The highest BCUT2D eigenvalue weighted by Gasteiger charge is 2.26. The molecule has 0 saturated heterocycles. The molecule has 8 heteroatoms. The maximum Gasteiger partial charge on any atom is 0.291 e. The molecule has 0 aliphatic carbocycles. The molecule has 1 aliphatic rings. The molecule has 176 valence electrons. The third kappa shape index (κ3) is 5.15. The number of nitrogens with zero attached hydrogens (tertiary/aromatic N) is 4. The van der Waals surface area contributed by atoms with Crippen LogP contribution in [-0.2, 0) is 12.8 Å². The summed E-state index contributed by atoms with van der Waals surface area (Å²) in [6.07, 6.45) is 5.63. The molecule has 1 amide bonds. The van der Waals surface area contributed by atoms with Gasteiger partial charge in [-0.25, -0.2) is 9.97 Å². The minimum absolute atomic E-state index is 0.111. The highest BCUT2D eigenvalue weighted by molar-refractivity contribution is 5.90. The minimum atomic E-state index is -1.07. The van der Waals surface area contributed by atoms with Crippen molar-refractivity contribution in [2.75, 3.05) is 0 Å². The maximum absolute atomic E-state index is 13.0. The lowest BCUT2D eigenvalue weighted by molar-refractivity contribution is 0.0922. The highest BCUT2D eigenvalue weighted by Crippen LogP contribution is 2.29. The van der Waals surface area contributed by atoms with E-state index in [1.807, 2.05) is 59.3 Å². The van der Waals surface area contributed by atoms with Crippen LogP contribution in [0.1, 0.15) is 65.3 Å². The molecule has 0 fully saturated rings. The van der Waals surface area contributed by atoms with E-state index in [2.05, 4.69) is 37.3 Å². The number of carbonyl (C=O) groups excluding carboxylic acids is 1. The predicted octanol–water partition coefficient (Wildman–Crippen LogP) is 3.12. The average Bonchev–Trinajstić information content (AvgIpc) is 3.48. The van der Waals surface area contributed by atoms with Crippen LogP contribution in [0, 0.1) is 11.8 Å². The molecule has 2 aromatic carbocycles. The summed E-state index contributed by atoms with van der Waals surface area (Å²) in [5.74, 6) is 7.04. The van der Waals surface area contributed by atoms with E-state index in [1.54, 1.807) is 20.0 Å². The quantitative estimate of drug-likeness (QED) is 0.401. The second kappa shape index (κ2) is 9.20. The molecular weight excluding hydrogens is 440 g/mol. The molecule has 35 heavy (non-hydrogen) atoms. The largest absolute Gasteiger partial charge is 0.378 e. The lowest BCUT2D eigenvalue weighted by atomic mass is 10.0. The van der Waals surface area contributed by atoms with Gasteiger partial charge in [-0.3, -0.25) is 9.89 Å². The molecule has 1 atom stereocenters. The number of rotatable bonds is 4. The van der Waals surface area contributed by atoms with Crippen LogP contribution < -0.4 is 5.32 Å². The van der Waals surface area contributed by atoms with Crippen LogP contribution >= 0.6 is 0 Å². The first-order valence-corrected chi connectivity index (χ1v) is 11.5. The Morgan fingerprint density at radius 2 is 2.09 bits per heavy atom. The van der Waals surface area contributed by atoms with Crippen molar-refractivity contribution in [1.29, 1.82) is 0 Å². The van der Waals surface area contributed by atoms with Crippen molar-refractivity contribution in [2.45, 2.75) is 44.8 Å². The van der Waals surface area contributed by atoms with Crippen LogP contribution in [0.3, 0.4) is 0 Å². The zero-order chi connectivity index (χ0) is 24.4. The lowest BCUT2D eigenvalue weighted by Gasteiger charge is -2.15. The van der Waals surface area contributed by atoms with E-state index in [0.717, 1.165) is 34.6 Å². The number of nitrogens with one attached hydrogen (secondary N) is 2. The Kier molecular flexibility index (Phi) is 5.93. The van der Waals surface area contributed by atoms with Gasteiger partial charge in [0.05, 0.1) is 11.7 Å². The number of aromatic nitrogens is 5. The maximum atomic E-state index is 13.0. The van der Waals surface area contributed by atoms with E-state index in [9.17, 15) is 9.90 Å². The summed E-state index contributed by atoms with van der Waals surface area (Å²) in [4.78, 5) is 21.9. The predicted molar refractivity (Wildman–Crippen MR) is 131 cm³/mol. The first kappa shape index (κ1) is 22.6. The zero-order valence-corrected chi connectivity index (χ0v) is 19.6. The molecule has 0 saturated carbocycles. The van der Waals surface area contributed by atoms with Gasteiger partial charge >= 0.3 is 0 Å². The second-order valence-corrected chi connectivity index (χ2v) is 9.14. The van der Waals surface area contributed by atoms with Gasteiger partial charge in [0.15, 0.2) is 0 Å². The number of fused-ring (bicyclic) bond motifs is 3. The number of aliphatic hydroxyl groups is 1. The van der Waals surface area contributed by atoms with E-state index < -0.39 is 5.60 Å². The normalized spacial score (nSPS) is 14.8. The molecule has 5 rings (SSSR count). The summed E-state index contributed by atoms with van der Waals surface area (Å²) in [5.41, 5.74) is 2.94. The molecule has 3 N–H and O–H groups in total. The van der Waals surface area contributed by atoms with E-state index >= 15 is 0 Å². The summed E-state index contributed by atoms with van der Waals surface area (Å²) in [5, 5.41) is 20.0. The average molecular weight is 467 g/mol. The number of hydrogen-bond acceptors (Lipinski definition) is 5. The van der Waals surface area contributed by atoms with Crippen molar-refractivity contribution in [1.82, 2.24) is 30.0 Å². The summed E-state index contributed by atoms with van der Waals surface area (Å²) >= 11 is 0. The lowest BCUT2D eigenvalue weighted by Crippen LogP contribution is -2.30. The second-order valence-electron chi connectivity index (χ2n) is 9.14. The SMILES string of the molecule is CC(C)(O)C#Cc1ccc2c(c1)-n1ccnc1[C@@H](NC(=O)c1n[nH]c(Cc3ccccc3)n1)CC2. The Morgan fingerprint density at radius 3 is 2.89 bits per heavy atom. The number of benzene rings is 2. The van der Waals surface area contributed by atoms with Gasteiger partial charge in [-0.1, -0.05) is 48.2 Å². The summed E-state index contributed by atoms with van der Waals surface area (Å²) in [6.45, 7) is 3.31. The van der Waals surface area contributed by atoms with Crippen molar-refractivity contribution in [2.24, 2.45) is 0 Å². The van der Waals surface area contributed by atoms with Crippen molar-refractivity contribution < 1.29 is 9.90 Å². The third-order valence-corrected chi connectivity index (χ3v) is 5.80. The summed E-state index contributed by atoms with van der Waals surface area (Å²) in [7, 11) is 0. The van der Waals surface area contributed by atoms with Gasteiger partial charge < -0.3 is 15.0 Å². The molecule has 0 unspecified atom stereocenters. The van der Waals surface area contributed by atoms with Crippen LogP contribution in [0.25, 0.3) is 5.69 Å². The Bertz CT molecular complexity index is 1420. The van der Waals surface area contributed by atoms with Gasteiger partial charge in [0.25, 0.3) is 5.91 Å². The van der Waals surface area contributed by atoms with Crippen molar-refractivity contribution in [3.8, 4) is 17.5 Å². The standard InChI is InChI=1S/C27H26N6O2/c1-27(2,35)13-12-19-8-9-20-10-11-21(25-28-14-15-33(25)22(20)16-19)29-26(34)24-30-23(31-32-24)17-18-6-4-3-5-7-18/h3-9,14-16,21,35H,10-11,17H2,1-2H3,(H,29,34)(H,30,31,32)/t21-/m0/s1. The molecular formula is C27H26N6O2. The molecule has 0 radical (unpaired) electrons. The molecule has 0 spiro atoms. The van der Waals surface area contributed by atoms with E-state index in [1.165, 1.54) is 0 Å². The number of imidazole rings is 1. The van der Waals surface area contributed by atoms with E-state index in [4.69, 9.17) is 0 Å². The van der Waals surface area contributed by atoms with E-state index in [0.29, 0.717) is 18.7 Å². The van der Waals surface area contributed by atoms with Gasteiger partial charge in [-0.15, -0.1) is 5.10 Å². The van der Waals surface area contributed by atoms with Gasteiger partial charge in [0.2, 0.25) is 5.82 Å². The van der Waals surface area contributed by atoms with Crippen LogP contribution in [0.4, 0.5) is 0 Å². The Balaban J connectivity index is 1.35. The minimum Gasteiger partial charge on any atom is -0.378 e. The van der Waals surface area contributed by atoms with Crippen LogP contribution in [0.15, 0.2) is 60.9 Å². The molecule has 3 heterocycles. The first-order chi connectivity index (χ1) is 16.9. The molecule has 8 nitrogen and oxygen atoms in total. The zero-order valence-electron chi connectivity index (χ0n) is 19.6. The number of amides is 1. The molecule has 0 bridgehead atoms. The Labute approximate surface area is 203 Å². The van der Waals surface area contributed by atoms with E-state index in [-0.39, 0.29) is 17.8 Å². The van der Waals surface area contributed by atoms with Crippen molar-refractivity contribution >= 4 is 5.91 Å². The Morgan fingerprint density at radius 1 is 1.26 bits per heavy atom. The third-order valence-electron chi connectivity index (χ3n) is 5.80. The fourth-order valence-electron chi connectivity index (χ4n) is 4.13. The van der Waals surface area contributed by atoms with Gasteiger partial charge in [0, 0.05) is 24.4 Å². The Hall–Kier alpha value is -4.22. The topological polar surface area (TPSA) is 109 Å². The van der Waals surface area contributed by atoms with Crippen LogP contribution in [0.5, 0.6) is 0 Å². The number of aryl methyl sites for hydroxylation is 1.